The van der Waals surface area contributed by atoms with E-state index >= 15 is 0 Å². The third-order valence-corrected chi connectivity index (χ3v) is 2.88. The Morgan fingerprint density at radius 3 is 2.47 bits per heavy atom. The van der Waals surface area contributed by atoms with Crippen molar-refractivity contribution in [3.8, 4) is 5.75 Å². The molecular weight excluding hydrogens is 248 g/mol. The number of anilines is 1. The minimum absolute atomic E-state index is 0.434. The Morgan fingerprint density at radius 1 is 1.05 bits per heavy atom. The lowest BCUT2D eigenvalue weighted by Crippen LogP contribution is -2.01. The molecule has 0 aliphatic heterocycles. The van der Waals surface area contributed by atoms with Crippen LogP contribution >= 0.6 is 0 Å². The number of aryl methyl sites for hydroxylation is 1. The van der Waals surface area contributed by atoms with Crippen LogP contribution in [-0.4, -0.2) is 7.11 Å². The maximum absolute atomic E-state index is 13.0. The largest absolute Gasteiger partial charge is 0.496 e. The standard InChI is InChI=1S/C15H15F2NO/c1-10-7-12(4-6-15(10)19-2)18-9-11-3-5-13(16)14(17)8-11/h3-8,18H,9H2,1-2H3. The first kappa shape index (κ1) is 13.3. The molecule has 0 saturated heterocycles. The zero-order chi connectivity index (χ0) is 13.8. The van der Waals surface area contributed by atoms with Gasteiger partial charge in [0.2, 0.25) is 0 Å². The van der Waals surface area contributed by atoms with Crippen LogP contribution in [0.4, 0.5) is 14.5 Å². The predicted octanol–water partition coefficient (Wildman–Crippen LogP) is 3.89. The molecule has 0 aliphatic carbocycles. The van der Waals surface area contributed by atoms with Crippen molar-refractivity contribution < 1.29 is 13.5 Å². The molecule has 0 spiro atoms. The van der Waals surface area contributed by atoms with Crippen molar-refractivity contribution in [1.82, 2.24) is 0 Å². The molecule has 0 atom stereocenters. The third kappa shape index (κ3) is 3.22. The quantitative estimate of drug-likeness (QED) is 0.903. The van der Waals surface area contributed by atoms with Gasteiger partial charge in [-0.05, 0) is 48.4 Å². The molecule has 0 radical (unpaired) electrons. The van der Waals surface area contributed by atoms with Crippen molar-refractivity contribution in [2.75, 3.05) is 12.4 Å². The summed E-state index contributed by atoms with van der Waals surface area (Å²) in [6, 6.07) is 9.57. The van der Waals surface area contributed by atoms with Gasteiger partial charge in [0, 0.05) is 12.2 Å². The Hall–Kier alpha value is -2.10. The molecule has 19 heavy (non-hydrogen) atoms. The van der Waals surface area contributed by atoms with Crippen molar-refractivity contribution in [3.05, 3.63) is 59.2 Å². The van der Waals surface area contributed by atoms with E-state index in [-0.39, 0.29) is 0 Å². The molecule has 0 bridgehead atoms. The summed E-state index contributed by atoms with van der Waals surface area (Å²) in [5.74, 6) is -0.840. The maximum Gasteiger partial charge on any atom is 0.159 e. The molecule has 1 N–H and O–H groups in total. The van der Waals surface area contributed by atoms with E-state index in [1.807, 2.05) is 25.1 Å². The number of hydrogen-bond acceptors (Lipinski definition) is 2. The highest BCUT2D eigenvalue weighted by Crippen LogP contribution is 2.21. The Bertz CT molecular complexity index is 584. The predicted molar refractivity (Wildman–Crippen MR) is 71.4 cm³/mol. The van der Waals surface area contributed by atoms with Gasteiger partial charge in [-0.3, -0.25) is 0 Å². The van der Waals surface area contributed by atoms with Crippen LogP contribution in [0.3, 0.4) is 0 Å². The van der Waals surface area contributed by atoms with Crippen LogP contribution in [0.1, 0.15) is 11.1 Å². The van der Waals surface area contributed by atoms with Crippen LogP contribution in [0.15, 0.2) is 36.4 Å². The molecule has 0 fully saturated rings. The molecule has 2 aromatic carbocycles. The van der Waals surface area contributed by atoms with Gasteiger partial charge in [-0.2, -0.15) is 0 Å². The van der Waals surface area contributed by atoms with Gasteiger partial charge < -0.3 is 10.1 Å². The van der Waals surface area contributed by atoms with Crippen LogP contribution < -0.4 is 10.1 Å². The molecule has 0 saturated carbocycles. The van der Waals surface area contributed by atoms with Crippen LogP contribution in [-0.2, 0) is 6.54 Å². The number of halogens is 2. The zero-order valence-corrected chi connectivity index (χ0v) is 10.8. The Balaban J connectivity index is 2.05. The summed E-state index contributed by atoms with van der Waals surface area (Å²) in [4.78, 5) is 0. The first-order valence-corrected chi connectivity index (χ1v) is 5.92. The van der Waals surface area contributed by atoms with Crippen molar-refractivity contribution in [2.24, 2.45) is 0 Å². The highest BCUT2D eigenvalue weighted by Gasteiger charge is 2.03. The van der Waals surface area contributed by atoms with Gasteiger partial charge in [-0.1, -0.05) is 6.07 Å². The number of rotatable bonds is 4. The Labute approximate surface area is 111 Å². The lowest BCUT2D eigenvalue weighted by atomic mass is 10.1. The maximum atomic E-state index is 13.0. The molecule has 0 aromatic heterocycles. The van der Waals surface area contributed by atoms with Crippen LogP contribution in [0, 0.1) is 18.6 Å². The summed E-state index contributed by atoms with van der Waals surface area (Å²) in [6.45, 7) is 2.38. The number of ether oxygens (including phenoxy) is 1. The van der Waals surface area contributed by atoms with Gasteiger partial charge in [0.05, 0.1) is 7.11 Å². The van der Waals surface area contributed by atoms with Gasteiger partial charge in [0.15, 0.2) is 11.6 Å². The molecule has 0 heterocycles. The summed E-state index contributed by atoms with van der Waals surface area (Å²) in [5.41, 5.74) is 2.60. The third-order valence-electron chi connectivity index (χ3n) is 2.88. The second kappa shape index (κ2) is 5.69. The van der Waals surface area contributed by atoms with Crippen LogP contribution in [0.5, 0.6) is 5.75 Å². The van der Waals surface area contributed by atoms with Crippen LogP contribution in [0.25, 0.3) is 0 Å². The monoisotopic (exact) mass is 263 g/mol. The number of benzene rings is 2. The summed E-state index contributed by atoms with van der Waals surface area (Å²) in [5, 5.41) is 3.16. The lowest BCUT2D eigenvalue weighted by molar-refractivity contribution is 0.412. The van der Waals surface area contributed by atoms with E-state index in [4.69, 9.17) is 4.74 Å². The highest BCUT2D eigenvalue weighted by molar-refractivity contribution is 5.51. The average Bonchev–Trinajstić information content (AvgIpc) is 2.40. The summed E-state index contributed by atoms with van der Waals surface area (Å²) in [7, 11) is 1.62. The summed E-state index contributed by atoms with van der Waals surface area (Å²) >= 11 is 0. The number of nitrogens with one attached hydrogen (secondary N) is 1. The highest BCUT2D eigenvalue weighted by atomic mass is 19.2. The van der Waals surface area contributed by atoms with Crippen molar-refractivity contribution in [2.45, 2.75) is 13.5 Å². The first-order valence-electron chi connectivity index (χ1n) is 5.92. The Kier molecular flexibility index (Phi) is 4.00. The minimum atomic E-state index is -0.830. The van der Waals surface area contributed by atoms with Gasteiger partial charge in [0.1, 0.15) is 5.75 Å². The van der Waals surface area contributed by atoms with E-state index in [2.05, 4.69) is 5.32 Å². The van der Waals surface area contributed by atoms with E-state index in [1.54, 1.807) is 13.2 Å². The minimum Gasteiger partial charge on any atom is -0.496 e. The second-order valence-corrected chi connectivity index (χ2v) is 4.29. The van der Waals surface area contributed by atoms with Gasteiger partial charge in [-0.15, -0.1) is 0 Å². The van der Waals surface area contributed by atoms with E-state index in [9.17, 15) is 8.78 Å². The van der Waals surface area contributed by atoms with E-state index in [0.717, 1.165) is 23.1 Å². The van der Waals surface area contributed by atoms with Gasteiger partial charge in [-0.25, -0.2) is 8.78 Å². The molecular formula is C15H15F2NO. The summed E-state index contributed by atoms with van der Waals surface area (Å²) in [6.07, 6.45) is 0. The van der Waals surface area contributed by atoms with E-state index in [0.29, 0.717) is 12.1 Å². The lowest BCUT2D eigenvalue weighted by Gasteiger charge is -2.10. The molecule has 4 heteroatoms. The molecule has 2 rings (SSSR count). The van der Waals surface area contributed by atoms with Crippen LogP contribution in [0.2, 0.25) is 0 Å². The SMILES string of the molecule is COc1ccc(NCc2ccc(F)c(F)c2)cc1C. The second-order valence-electron chi connectivity index (χ2n) is 4.29. The van der Waals surface area contributed by atoms with Crippen molar-refractivity contribution in [1.29, 1.82) is 0 Å². The topological polar surface area (TPSA) is 21.3 Å². The first-order chi connectivity index (χ1) is 9.10. The number of methoxy groups -OCH3 is 1. The Morgan fingerprint density at radius 2 is 1.84 bits per heavy atom. The molecule has 0 amide bonds. The zero-order valence-electron chi connectivity index (χ0n) is 10.8. The fourth-order valence-electron chi connectivity index (χ4n) is 1.84. The average molecular weight is 263 g/mol. The molecule has 100 valence electrons. The fraction of sp³-hybridized carbons (Fsp3) is 0.200. The van der Waals surface area contributed by atoms with Crippen molar-refractivity contribution in [3.63, 3.8) is 0 Å². The van der Waals surface area contributed by atoms with E-state index < -0.39 is 11.6 Å². The van der Waals surface area contributed by atoms with Gasteiger partial charge >= 0.3 is 0 Å². The smallest absolute Gasteiger partial charge is 0.159 e. The fourth-order valence-corrected chi connectivity index (χ4v) is 1.84. The molecule has 0 unspecified atom stereocenters. The van der Waals surface area contributed by atoms with Crippen molar-refractivity contribution >= 4 is 5.69 Å². The van der Waals surface area contributed by atoms with E-state index in [1.165, 1.54) is 6.07 Å². The molecule has 2 nitrogen and oxygen atoms in total. The summed E-state index contributed by atoms with van der Waals surface area (Å²) < 4.78 is 31.0. The molecule has 0 aliphatic rings. The van der Waals surface area contributed by atoms with Gasteiger partial charge in [0.25, 0.3) is 0 Å². The normalized spacial score (nSPS) is 10.3. The molecule has 2 aromatic rings. The number of hydrogen-bond donors (Lipinski definition) is 1.